The van der Waals surface area contributed by atoms with Crippen LogP contribution in [0.2, 0.25) is 0 Å². The Morgan fingerprint density at radius 1 is 0.533 bits per heavy atom. The number of para-hydroxylation sites is 3. The van der Waals surface area contributed by atoms with E-state index < -0.39 is 0 Å². The Bertz CT molecular complexity index is 2390. The number of hydrogen-bond donors (Lipinski definition) is 0. The lowest BCUT2D eigenvalue weighted by molar-refractivity contribution is 0.465. The molecule has 9 rings (SSSR count). The number of fused-ring (bicyclic) bond motifs is 5. The summed E-state index contributed by atoms with van der Waals surface area (Å²) in [5.74, 6) is 2.25. The predicted molar refractivity (Wildman–Crippen MR) is 185 cm³/mol. The second-order valence-electron chi connectivity index (χ2n) is 11.5. The Morgan fingerprint density at radius 2 is 1.24 bits per heavy atom. The van der Waals surface area contributed by atoms with Gasteiger partial charge in [0.2, 0.25) is 5.88 Å². The van der Waals surface area contributed by atoms with Gasteiger partial charge in [-0.05, 0) is 73.4 Å². The third-order valence-electron chi connectivity index (χ3n) is 8.73. The quantitative estimate of drug-likeness (QED) is 0.204. The number of hydrogen-bond acceptors (Lipinski definition) is 3. The van der Waals surface area contributed by atoms with Crippen LogP contribution in [0.1, 0.15) is 17.0 Å². The average molecular weight is 582 g/mol. The van der Waals surface area contributed by atoms with E-state index in [1.165, 1.54) is 49.7 Å². The van der Waals surface area contributed by atoms with Crippen molar-refractivity contribution < 1.29 is 4.74 Å². The number of nitrogens with zero attached hydrogens (tertiary/aromatic N) is 3. The zero-order valence-electron chi connectivity index (χ0n) is 25.5. The minimum Gasteiger partial charge on any atom is -0.438 e. The number of benzene rings is 6. The molecule has 0 bridgehead atoms. The highest BCUT2D eigenvalue weighted by atomic mass is 16.5. The van der Waals surface area contributed by atoms with Crippen LogP contribution in [0.4, 0.5) is 0 Å². The van der Waals surface area contributed by atoms with Crippen LogP contribution >= 0.6 is 0 Å². The molecule has 216 valence electrons. The van der Waals surface area contributed by atoms with E-state index in [0.717, 1.165) is 33.6 Å². The van der Waals surface area contributed by atoms with E-state index in [4.69, 9.17) is 4.74 Å². The van der Waals surface area contributed by atoms with Gasteiger partial charge in [0, 0.05) is 27.6 Å². The molecule has 45 heavy (non-hydrogen) atoms. The lowest BCUT2D eigenvalue weighted by atomic mass is 9.95. The summed E-state index contributed by atoms with van der Waals surface area (Å²) in [6.45, 7) is 6.32. The van der Waals surface area contributed by atoms with E-state index in [2.05, 4.69) is 132 Å². The topological polar surface area (TPSA) is 39.9 Å². The van der Waals surface area contributed by atoms with Gasteiger partial charge in [0.05, 0.1) is 21.9 Å². The van der Waals surface area contributed by atoms with Crippen molar-refractivity contribution in [3.63, 3.8) is 0 Å². The first-order valence-electron chi connectivity index (χ1n) is 15.3. The monoisotopic (exact) mass is 581 g/mol. The van der Waals surface area contributed by atoms with E-state index in [0.29, 0.717) is 5.88 Å². The van der Waals surface area contributed by atoms with Crippen molar-refractivity contribution in [1.82, 2.24) is 14.5 Å². The molecule has 4 nitrogen and oxygen atoms in total. The van der Waals surface area contributed by atoms with Crippen LogP contribution in [-0.2, 0) is 0 Å². The lowest BCUT2D eigenvalue weighted by Crippen LogP contribution is -2.01. The van der Waals surface area contributed by atoms with E-state index in [1.54, 1.807) is 0 Å². The fourth-order valence-electron chi connectivity index (χ4n) is 6.68. The molecule has 0 fully saturated rings. The second-order valence-corrected chi connectivity index (χ2v) is 11.5. The molecule has 1 aliphatic heterocycles. The van der Waals surface area contributed by atoms with Crippen LogP contribution in [0, 0.1) is 20.8 Å². The zero-order valence-corrected chi connectivity index (χ0v) is 25.5. The van der Waals surface area contributed by atoms with Crippen molar-refractivity contribution in [3.05, 3.63) is 150 Å². The maximum atomic E-state index is 5.88. The highest BCUT2D eigenvalue weighted by Crippen LogP contribution is 2.44. The first-order valence-corrected chi connectivity index (χ1v) is 15.3. The van der Waals surface area contributed by atoms with Gasteiger partial charge < -0.3 is 9.30 Å². The minimum atomic E-state index is 0.659. The maximum absolute atomic E-state index is 5.88. The normalized spacial score (nSPS) is 11.6. The molecule has 6 aromatic carbocycles. The van der Waals surface area contributed by atoms with Gasteiger partial charge in [-0.2, -0.15) is 4.98 Å². The van der Waals surface area contributed by atoms with E-state index in [1.807, 2.05) is 37.3 Å². The molecule has 2 aromatic heterocycles. The summed E-state index contributed by atoms with van der Waals surface area (Å²) in [5.41, 5.74) is 12.2. The van der Waals surface area contributed by atoms with Crippen LogP contribution < -0.4 is 4.74 Å². The maximum Gasteiger partial charge on any atom is 0.231 e. The predicted octanol–water partition coefficient (Wildman–Crippen LogP) is 10.8. The molecule has 0 atom stereocenters. The van der Waals surface area contributed by atoms with Gasteiger partial charge in [0.15, 0.2) is 0 Å². The third kappa shape index (κ3) is 4.46. The molecule has 0 saturated carbocycles. The van der Waals surface area contributed by atoms with E-state index in [9.17, 15) is 0 Å². The second kappa shape index (κ2) is 10.8. The van der Waals surface area contributed by atoms with Gasteiger partial charge in [-0.25, -0.2) is 4.98 Å². The minimum absolute atomic E-state index is 0.659. The average Bonchev–Trinajstić information content (AvgIpc) is 3.41. The number of aromatic nitrogens is 3. The Balaban J connectivity index is 0.000000144. The standard InChI is InChI=1S/C26H21N.C15H10N2O/c1-18-10-6-7-13-21(18)22-16-17-24-23-14-8-9-15-25(23)27(26(24)19(22)2)20-11-4-3-5-12-20;1-9-16-12-7-4-6-11-10-5-2-3-8-13(10)18-15(17-9)14(11)12/h3-17H,1-2H3;2-8H,1H3. The fraction of sp³-hybridized carbons (Fsp3) is 0.0732. The van der Waals surface area contributed by atoms with Crippen LogP contribution in [0.25, 0.3) is 60.6 Å². The largest absolute Gasteiger partial charge is 0.438 e. The summed E-state index contributed by atoms with van der Waals surface area (Å²) in [5, 5.41) is 3.61. The van der Waals surface area contributed by atoms with Crippen molar-refractivity contribution >= 4 is 32.7 Å². The van der Waals surface area contributed by atoms with Gasteiger partial charge in [0.1, 0.15) is 11.6 Å². The van der Waals surface area contributed by atoms with Gasteiger partial charge in [-0.3, -0.25) is 0 Å². The fourth-order valence-corrected chi connectivity index (χ4v) is 6.68. The summed E-state index contributed by atoms with van der Waals surface area (Å²) in [4.78, 5) is 8.86. The van der Waals surface area contributed by atoms with Crippen molar-refractivity contribution in [2.75, 3.05) is 0 Å². The molecule has 4 heteroatoms. The van der Waals surface area contributed by atoms with Crippen LogP contribution in [0.15, 0.2) is 133 Å². The van der Waals surface area contributed by atoms with Crippen LogP contribution in [0.3, 0.4) is 0 Å². The molecule has 3 heterocycles. The SMILES string of the molecule is Cc1ccccc1-c1ccc2c3ccccc3n(-c3ccccc3)c2c1C.Cc1nc2c3c(cccc3n1)-c1ccccc1O2. The molecule has 0 spiro atoms. The van der Waals surface area contributed by atoms with Crippen molar-refractivity contribution in [3.8, 4) is 39.6 Å². The summed E-state index contributed by atoms with van der Waals surface area (Å²) in [6, 6.07) is 46.7. The summed E-state index contributed by atoms with van der Waals surface area (Å²) in [6.07, 6.45) is 0. The van der Waals surface area contributed by atoms with E-state index in [-0.39, 0.29) is 0 Å². The number of ether oxygens (including phenoxy) is 1. The summed E-state index contributed by atoms with van der Waals surface area (Å²) in [7, 11) is 0. The smallest absolute Gasteiger partial charge is 0.231 e. The lowest BCUT2D eigenvalue weighted by Gasteiger charge is -2.19. The molecule has 0 amide bonds. The molecule has 0 aliphatic carbocycles. The molecule has 0 radical (unpaired) electrons. The third-order valence-corrected chi connectivity index (χ3v) is 8.73. The molecular formula is C41H31N3O. The van der Waals surface area contributed by atoms with Gasteiger partial charge in [-0.1, -0.05) is 103 Å². The highest BCUT2D eigenvalue weighted by Gasteiger charge is 2.21. The Labute approximate surface area is 262 Å². The highest BCUT2D eigenvalue weighted by molar-refractivity contribution is 6.11. The molecule has 8 aromatic rings. The summed E-state index contributed by atoms with van der Waals surface area (Å²) < 4.78 is 8.28. The van der Waals surface area contributed by atoms with Gasteiger partial charge in [0.25, 0.3) is 0 Å². The Morgan fingerprint density at radius 3 is 2.09 bits per heavy atom. The molecular weight excluding hydrogens is 550 g/mol. The molecule has 0 saturated heterocycles. The summed E-state index contributed by atoms with van der Waals surface area (Å²) >= 11 is 0. The van der Waals surface area contributed by atoms with Crippen molar-refractivity contribution in [2.45, 2.75) is 20.8 Å². The molecule has 0 N–H and O–H groups in total. The van der Waals surface area contributed by atoms with Gasteiger partial charge >= 0.3 is 0 Å². The van der Waals surface area contributed by atoms with Gasteiger partial charge in [-0.15, -0.1) is 0 Å². The first-order chi connectivity index (χ1) is 22.1. The Kier molecular flexibility index (Phi) is 6.42. The van der Waals surface area contributed by atoms with Crippen LogP contribution in [-0.4, -0.2) is 14.5 Å². The first kappa shape index (κ1) is 26.9. The number of aryl methyl sites for hydroxylation is 3. The Hall–Kier alpha value is -5.74. The van der Waals surface area contributed by atoms with E-state index >= 15 is 0 Å². The number of rotatable bonds is 2. The van der Waals surface area contributed by atoms with Crippen molar-refractivity contribution in [2.24, 2.45) is 0 Å². The zero-order chi connectivity index (χ0) is 30.5. The molecule has 0 unspecified atom stereocenters. The van der Waals surface area contributed by atoms with Crippen LogP contribution in [0.5, 0.6) is 11.6 Å². The van der Waals surface area contributed by atoms with Crippen molar-refractivity contribution in [1.29, 1.82) is 0 Å². The molecule has 1 aliphatic rings.